The maximum Gasteiger partial charge on any atom is 0.141 e. The number of pyridine rings is 1. The van der Waals surface area contributed by atoms with E-state index in [-0.39, 0.29) is 10.6 Å². The molecule has 3 aromatic rings. The fourth-order valence-electron chi connectivity index (χ4n) is 3.31. The Morgan fingerprint density at radius 2 is 2.18 bits per heavy atom. The molecule has 1 aliphatic rings. The standard InChI is InChI=1S/C19H23N5OS3/c1-4-5-8-28(25)19-16(20)15-12(14-10-22-11(2)24(14)3)9-13(23-18(15)27-19)17-21-6-7-26-17/h6-7,9-10,16,19H,4-5,8,20H2,1-3H3. The van der Waals surface area contributed by atoms with E-state index < -0.39 is 10.8 Å². The maximum absolute atomic E-state index is 12.9. The van der Waals surface area contributed by atoms with Crippen LogP contribution in [0.2, 0.25) is 0 Å². The van der Waals surface area contributed by atoms with Crippen LogP contribution in [0.3, 0.4) is 0 Å². The molecule has 4 heterocycles. The summed E-state index contributed by atoms with van der Waals surface area (Å²) in [6.07, 6.45) is 5.62. The van der Waals surface area contributed by atoms with Gasteiger partial charge < -0.3 is 10.3 Å². The normalized spacial score (nSPS) is 19.7. The first-order chi connectivity index (χ1) is 13.5. The largest absolute Gasteiger partial charge is 0.331 e. The van der Waals surface area contributed by atoms with Gasteiger partial charge in [0.25, 0.3) is 0 Å². The number of nitrogens with two attached hydrogens (primary N) is 1. The van der Waals surface area contributed by atoms with Crippen LogP contribution in [0, 0.1) is 6.92 Å². The molecule has 0 spiro atoms. The van der Waals surface area contributed by atoms with Crippen LogP contribution in [0.25, 0.3) is 22.0 Å². The van der Waals surface area contributed by atoms with Crippen LogP contribution in [-0.4, -0.2) is 34.1 Å². The molecule has 0 saturated heterocycles. The topological polar surface area (TPSA) is 86.7 Å². The second-order valence-electron chi connectivity index (χ2n) is 6.81. The van der Waals surface area contributed by atoms with Gasteiger partial charge in [-0.15, -0.1) is 11.3 Å². The summed E-state index contributed by atoms with van der Waals surface area (Å²) in [5.41, 5.74) is 10.4. The third kappa shape index (κ3) is 3.45. The van der Waals surface area contributed by atoms with Crippen LogP contribution < -0.4 is 5.73 Å². The SMILES string of the molecule is CCCCS(=O)C1Sc2nc(-c3nccs3)cc(-c3cnc(C)n3C)c2C1N. The first-order valence-corrected chi connectivity index (χ1v) is 12.4. The number of fused-ring (bicyclic) bond motifs is 1. The van der Waals surface area contributed by atoms with E-state index >= 15 is 0 Å². The second kappa shape index (κ2) is 8.06. The Bertz CT molecular complexity index is 1020. The average Bonchev–Trinajstić information content (AvgIpc) is 3.41. The summed E-state index contributed by atoms with van der Waals surface area (Å²) in [4.78, 5) is 13.7. The molecular weight excluding hydrogens is 410 g/mol. The third-order valence-corrected chi connectivity index (χ3v) is 9.27. The minimum atomic E-state index is -0.997. The van der Waals surface area contributed by atoms with Crippen molar-refractivity contribution in [2.75, 3.05) is 5.75 Å². The molecule has 9 heteroatoms. The minimum absolute atomic E-state index is 0.173. The smallest absolute Gasteiger partial charge is 0.141 e. The lowest BCUT2D eigenvalue weighted by atomic mass is 10.0. The molecule has 3 aromatic heterocycles. The van der Waals surface area contributed by atoms with Gasteiger partial charge >= 0.3 is 0 Å². The molecule has 0 radical (unpaired) electrons. The molecule has 148 valence electrons. The van der Waals surface area contributed by atoms with E-state index in [9.17, 15) is 4.21 Å². The molecule has 0 amide bonds. The fraction of sp³-hybridized carbons (Fsp3) is 0.421. The minimum Gasteiger partial charge on any atom is -0.331 e. The van der Waals surface area contributed by atoms with E-state index in [2.05, 4.69) is 21.5 Å². The summed E-state index contributed by atoms with van der Waals surface area (Å²) in [7, 11) is 1.00. The molecule has 1 aliphatic heterocycles. The van der Waals surface area contributed by atoms with Gasteiger partial charge in [-0.05, 0) is 19.4 Å². The van der Waals surface area contributed by atoms with Crippen LogP contribution in [0.1, 0.15) is 37.2 Å². The summed E-state index contributed by atoms with van der Waals surface area (Å²) < 4.78 is 14.8. The number of hydrogen-bond acceptors (Lipinski definition) is 7. The lowest BCUT2D eigenvalue weighted by molar-refractivity contribution is 0.667. The van der Waals surface area contributed by atoms with Crippen molar-refractivity contribution in [2.24, 2.45) is 12.8 Å². The quantitative estimate of drug-likeness (QED) is 0.634. The number of aryl methyl sites for hydroxylation is 1. The molecule has 0 bridgehead atoms. The molecule has 0 fully saturated rings. The van der Waals surface area contributed by atoms with Crippen LogP contribution in [-0.2, 0) is 17.8 Å². The van der Waals surface area contributed by atoms with E-state index in [1.54, 1.807) is 29.3 Å². The molecule has 3 atom stereocenters. The van der Waals surface area contributed by atoms with Crippen LogP contribution in [0.4, 0.5) is 0 Å². The van der Waals surface area contributed by atoms with E-state index in [1.807, 2.05) is 31.6 Å². The third-order valence-electron chi connectivity index (χ3n) is 4.98. The molecule has 0 saturated carbocycles. The molecule has 2 N–H and O–H groups in total. The molecule has 6 nitrogen and oxygen atoms in total. The number of imidazole rings is 1. The van der Waals surface area contributed by atoms with Gasteiger partial charge in [-0.1, -0.05) is 25.1 Å². The van der Waals surface area contributed by atoms with Gasteiger partial charge in [-0.2, -0.15) is 0 Å². The Morgan fingerprint density at radius 3 is 2.82 bits per heavy atom. The highest BCUT2D eigenvalue weighted by molar-refractivity contribution is 8.11. The van der Waals surface area contributed by atoms with Gasteiger partial charge in [0.1, 0.15) is 26.1 Å². The predicted octanol–water partition coefficient (Wildman–Crippen LogP) is 3.89. The summed E-state index contributed by atoms with van der Waals surface area (Å²) in [6, 6.07) is 1.73. The Labute approximate surface area is 175 Å². The first kappa shape index (κ1) is 19.8. The number of hydrogen-bond donors (Lipinski definition) is 1. The maximum atomic E-state index is 12.9. The Kier molecular flexibility index (Phi) is 5.69. The number of rotatable bonds is 6. The van der Waals surface area contributed by atoms with Gasteiger partial charge in [0.15, 0.2) is 0 Å². The van der Waals surface area contributed by atoms with Crippen molar-refractivity contribution < 1.29 is 4.21 Å². The van der Waals surface area contributed by atoms with Crippen molar-refractivity contribution in [3.63, 3.8) is 0 Å². The van der Waals surface area contributed by atoms with Crippen molar-refractivity contribution in [3.05, 3.63) is 35.2 Å². The van der Waals surface area contributed by atoms with Gasteiger partial charge in [-0.25, -0.2) is 15.0 Å². The lowest BCUT2D eigenvalue weighted by Gasteiger charge is -2.17. The van der Waals surface area contributed by atoms with Crippen molar-refractivity contribution in [1.82, 2.24) is 19.5 Å². The van der Waals surface area contributed by atoms with Crippen molar-refractivity contribution in [2.45, 2.75) is 42.3 Å². The zero-order valence-corrected chi connectivity index (χ0v) is 18.5. The zero-order valence-electron chi connectivity index (χ0n) is 16.1. The summed E-state index contributed by atoms with van der Waals surface area (Å²) in [5.74, 6) is 1.61. The molecule has 4 rings (SSSR count). The monoisotopic (exact) mass is 433 g/mol. The number of aromatic nitrogens is 4. The summed E-state index contributed by atoms with van der Waals surface area (Å²) >= 11 is 3.10. The number of unbranched alkanes of at least 4 members (excludes halogenated alkanes) is 1. The van der Waals surface area contributed by atoms with E-state index in [4.69, 9.17) is 10.7 Å². The molecule has 28 heavy (non-hydrogen) atoms. The number of nitrogens with zero attached hydrogens (tertiary/aromatic N) is 4. The summed E-state index contributed by atoms with van der Waals surface area (Å²) in [6.45, 7) is 4.09. The molecule has 0 aromatic carbocycles. The number of thioether (sulfide) groups is 1. The van der Waals surface area contributed by atoms with Gasteiger partial charge in [0.05, 0.1) is 17.9 Å². The Morgan fingerprint density at radius 1 is 1.36 bits per heavy atom. The highest BCUT2D eigenvalue weighted by Crippen LogP contribution is 2.48. The highest BCUT2D eigenvalue weighted by atomic mass is 32.2. The van der Waals surface area contributed by atoms with Gasteiger partial charge in [0.2, 0.25) is 0 Å². The average molecular weight is 434 g/mol. The number of thiazole rings is 1. The van der Waals surface area contributed by atoms with Crippen molar-refractivity contribution in [1.29, 1.82) is 0 Å². The van der Waals surface area contributed by atoms with Crippen molar-refractivity contribution >= 4 is 33.9 Å². The highest BCUT2D eigenvalue weighted by Gasteiger charge is 2.38. The molecular formula is C19H23N5OS3. The molecule has 3 unspecified atom stereocenters. The Hall–Kier alpha value is -1.55. The van der Waals surface area contributed by atoms with Gasteiger partial charge in [-0.3, -0.25) is 4.21 Å². The van der Waals surface area contributed by atoms with E-state index in [1.165, 1.54) is 0 Å². The van der Waals surface area contributed by atoms with Gasteiger partial charge in [0, 0.05) is 46.3 Å². The lowest BCUT2D eigenvalue weighted by Crippen LogP contribution is -2.25. The van der Waals surface area contributed by atoms with Crippen molar-refractivity contribution in [3.8, 4) is 22.0 Å². The Balaban J connectivity index is 1.83. The predicted molar refractivity (Wildman–Crippen MR) is 117 cm³/mol. The summed E-state index contributed by atoms with van der Waals surface area (Å²) in [5, 5.41) is 3.68. The first-order valence-electron chi connectivity index (χ1n) is 9.24. The fourth-order valence-corrected chi connectivity index (χ4v) is 7.19. The zero-order chi connectivity index (χ0) is 19.8. The van der Waals surface area contributed by atoms with E-state index in [0.29, 0.717) is 5.75 Å². The second-order valence-corrected chi connectivity index (χ2v) is 10.8. The van der Waals surface area contributed by atoms with E-state index in [0.717, 1.165) is 51.2 Å². The van der Waals surface area contributed by atoms with Crippen LogP contribution >= 0.6 is 23.1 Å². The molecule has 0 aliphatic carbocycles. The van der Waals surface area contributed by atoms with Crippen LogP contribution in [0.15, 0.2) is 28.9 Å². The van der Waals surface area contributed by atoms with Crippen LogP contribution in [0.5, 0.6) is 0 Å².